The molecule has 2 atom stereocenters. The fourth-order valence-corrected chi connectivity index (χ4v) is 4.92. The van der Waals surface area contributed by atoms with Crippen LogP contribution in [0.25, 0.3) is 11.3 Å². The molecule has 7 nitrogen and oxygen atoms in total. The van der Waals surface area contributed by atoms with Gasteiger partial charge in [0.2, 0.25) is 5.91 Å². The predicted molar refractivity (Wildman–Crippen MR) is 137 cm³/mol. The summed E-state index contributed by atoms with van der Waals surface area (Å²) in [5.74, 6) is -1.39. The van der Waals surface area contributed by atoms with E-state index in [1.54, 1.807) is 6.20 Å². The SMILES string of the molecule is N[C@H](CF)CCN(C(=O)CO)[C@@H](c1nc(-c2cc(F)ccc2F)cn1Cc1ccccc1)C1CCOCC1. The molecular weight excluding hydrogens is 497 g/mol. The van der Waals surface area contributed by atoms with Crippen LogP contribution in [-0.2, 0) is 16.1 Å². The Labute approximate surface area is 220 Å². The molecule has 1 aliphatic heterocycles. The van der Waals surface area contributed by atoms with E-state index in [1.165, 1.54) is 4.90 Å². The minimum atomic E-state index is -0.764. The number of nitrogens with two attached hydrogens (primary N) is 1. The fourth-order valence-electron chi connectivity index (χ4n) is 4.92. The van der Waals surface area contributed by atoms with Gasteiger partial charge in [-0.3, -0.25) is 4.79 Å². The van der Waals surface area contributed by atoms with Crippen molar-refractivity contribution in [2.45, 2.75) is 37.9 Å². The normalized spacial score (nSPS) is 15.8. The molecule has 1 fully saturated rings. The third-order valence-electron chi connectivity index (χ3n) is 6.91. The van der Waals surface area contributed by atoms with E-state index in [-0.39, 0.29) is 30.1 Å². The van der Waals surface area contributed by atoms with Gasteiger partial charge in [0, 0.05) is 44.1 Å². The summed E-state index contributed by atoms with van der Waals surface area (Å²) in [5.41, 5.74) is 7.00. The number of ether oxygens (including phenoxy) is 1. The summed E-state index contributed by atoms with van der Waals surface area (Å²) in [4.78, 5) is 19.4. The van der Waals surface area contributed by atoms with Crippen LogP contribution in [0.4, 0.5) is 13.2 Å². The molecule has 2 aromatic carbocycles. The van der Waals surface area contributed by atoms with E-state index in [0.717, 1.165) is 23.8 Å². The summed E-state index contributed by atoms with van der Waals surface area (Å²) < 4.78 is 49.5. The van der Waals surface area contributed by atoms with Crippen molar-refractivity contribution < 1.29 is 27.8 Å². The number of imidazole rings is 1. The Morgan fingerprint density at radius 1 is 1.18 bits per heavy atom. The number of aromatic nitrogens is 2. The molecule has 4 rings (SSSR count). The Balaban J connectivity index is 1.85. The zero-order valence-electron chi connectivity index (χ0n) is 21.1. The summed E-state index contributed by atoms with van der Waals surface area (Å²) in [6, 6.07) is 11.4. The minimum absolute atomic E-state index is 0.00303. The van der Waals surface area contributed by atoms with E-state index in [2.05, 4.69) is 0 Å². The highest BCUT2D eigenvalue weighted by Crippen LogP contribution is 2.37. The maximum Gasteiger partial charge on any atom is 0.248 e. The molecule has 2 heterocycles. The number of aliphatic hydroxyl groups excluding tert-OH is 1. The standard InChI is InChI=1S/C28H33F3N4O3/c29-15-22(32)8-11-35(26(37)18-36)27(20-9-12-38-13-10-20)28-33-25(23-14-21(30)6-7-24(23)31)17-34(28)16-19-4-2-1-3-5-19/h1-7,14,17,20,22,27,36H,8-13,15-16,18,32H2/t22-,27+/m0/s1. The summed E-state index contributed by atoms with van der Waals surface area (Å²) in [6.07, 6.45) is 3.09. The number of rotatable bonds is 11. The monoisotopic (exact) mass is 530 g/mol. The predicted octanol–water partition coefficient (Wildman–Crippen LogP) is 3.85. The molecule has 38 heavy (non-hydrogen) atoms. The third-order valence-corrected chi connectivity index (χ3v) is 6.91. The quantitative estimate of drug-likeness (QED) is 0.393. The number of carbonyl (C=O) groups is 1. The first-order chi connectivity index (χ1) is 18.4. The van der Waals surface area contributed by atoms with E-state index in [9.17, 15) is 23.1 Å². The second kappa shape index (κ2) is 13.0. The molecule has 3 N–H and O–H groups in total. The first kappa shape index (κ1) is 27.8. The zero-order chi connectivity index (χ0) is 27.1. The maximum atomic E-state index is 14.8. The first-order valence-corrected chi connectivity index (χ1v) is 12.8. The minimum Gasteiger partial charge on any atom is -0.387 e. The molecule has 0 spiro atoms. The Kier molecular flexibility index (Phi) is 9.54. The number of hydrogen-bond donors (Lipinski definition) is 2. The van der Waals surface area contributed by atoms with Crippen molar-refractivity contribution in [1.29, 1.82) is 0 Å². The lowest BCUT2D eigenvalue weighted by Gasteiger charge is -2.38. The highest BCUT2D eigenvalue weighted by Gasteiger charge is 2.37. The Bertz CT molecular complexity index is 1200. The van der Waals surface area contributed by atoms with Gasteiger partial charge in [-0.05, 0) is 48.9 Å². The summed E-state index contributed by atoms with van der Waals surface area (Å²) in [6.45, 7) is -0.0440. The number of benzene rings is 2. The smallest absolute Gasteiger partial charge is 0.248 e. The second-order valence-corrected chi connectivity index (χ2v) is 9.56. The van der Waals surface area contributed by atoms with E-state index in [1.807, 2.05) is 34.9 Å². The van der Waals surface area contributed by atoms with Crippen LogP contribution in [0.1, 0.15) is 36.7 Å². The van der Waals surface area contributed by atoms with Crippen LogP contribution >= 0.6 is 0 Å². The van der Waals surface area contributed by atoms with Gasteiger partial charge in [-0.25, -0.2) is 18.2 Å². The summed E-state index contributed by atoms with van der Waals surface area (Å²) in [7, 11) is 0. The van der Waals surface area contributed by atoms with Gasteiger partial charge in [0.05, 0.1) is 11.7 Å². The Morgan fingerprint density at radius 3 is 2.61 bits per heavy atom. The lowest BCUT2D eigenvalue weighted by molar-refractivity contribution is -0.139. The largest absolute Gasteiger partial charge is 0.387 e. The van der Waals surface area contributed by atoms with Gasteiger partial charge < -0.3 is 25.0 Å². The Hall–Kier alpha value is -3.21. The van der Waals surface area contributed by atoms with Gasteiger partial charge in [-0.15, -0.1) is 0 Å². The highest BCUT2D eigenvalue weighted by molar-refractivity contribution is 5.77. The number of carbonyl (C=O) groups excluding carboxylic acids is 1. The van der Waals surface area contributed by atoms with Crippen LogP contribution in [-0.4, -0.2) is 64.5 Å². The molecule has 1 aliphatic rings. The van der Waals surface area contributed by atoms with Crippen LogP contribution in [0.2, 0.25) is 0 Å². The van der Waals surface area contributed by atoms with Crippen LogP contribution in [0.15, 0.2) is 54.7 Å². The van der Waals surface area contributed by atoms with Crippen molar-refractivity contribution >= 4 is 5.91 Å². The topological polar surface area (TPSA) is 93.6 Å². The average molecular weight is 531 g/mol. The molecular formula is C28H33F3N4O3. The second-order valence-electron chi connectivity index (χ2n) is 9.56. The average Bonchev–Trinajstić information content (AvgIpc) is 3.35. The van der Waals surface area contributed by atoms with Crippen LogP contribution in [0, 0.1) is 17.6 Å². The number of amides is 1. The lowest BCUT2D eigenvalue weighted by Crippen LogP contribution is -2.44. The van der Waals surface area contributed by atoms with Gasteiger partial charge in [-0.1, -0.05) is 30.3 Å². The molecule has 0 unspecified atom stereocenters. The van der Waals surface area contributed by atoms with E-state index in [0.29, 0.717) is 38.4 Å². The van der Waals surface area contributed by atoms with Crippen molar-refractivity contribution in [2.75, 3.05) is 33.0 Å². The van der Waals surface area contributed by atoms with E-state index < -0.39 is 42.9 Å². The molecule has 3 aromatic rings. The van der Waals surface area contributed by atoms with Crippen molar-refractivity contribution in [3.63, 3.8) is 0 Å². The van der Waals surface area contributed by atoms with Crippen molar-refractivity contribution in [2.24, 2.45) is 11.7 Å². The molecule has 0 radical (unpaired) electrons. The van der Waals surface area contributed by atoms with Crippen molar-refractivity contribution in [3.8, 4) is 11.3 Å². The van der Waals surface area contributed by atoms with E-state index >= 15 is 0 Å². The lowest BCUT2D eigenvalue weighted by atomic mass is 9.89. The molecule has 1 saturated heterocycles. The number of nitrogens with zero attached hydrogens (tertiary/aromatic N) is 3. The molecule has 10 heteroatoms. The maximum absolute atomic E-state index is 14.8. The van der Waals surface area contributed by atoms with Crippen molar-refractivity contribution in [1.82, 2.24) is 14.5 Å². The number of aliphatic hydroxyl groups is 1. The van der Waals surface area contributed by atoms with E-state index in [4.69, 9.17) is 15.5 Å². The molecule has 1 aromatic heterocycles. The molecule has 1 amide bonds. The van der Waals surface area contributed by atoms with Gasteiger partial charge in [0.15, 0.2) is 0 Å². The summed E-state index contributed by atoms with van der Waals surface area (Å²) >= 11 is 0. The van der Waals surface area contributed by atoms with Gasteiger partial charge in [0.25, 0.3) is 0 Å². The van der Waals surface area contributed by atoms with Crippen LogP contribution in [0.5, 0.6) is 0 Å². The van der Waals surface area contributed by atoms with Crippen LogP contribution in [0.3, 0.4) is 0 Å². The zero-order valence-corrected chi connectivity index (χ0v) is 21.1. The number of alkyl halides is 1. The number of hydrogen-bond acceptors (Lipinski definition) is 5. The Morgan fingerprint density at radius 2 is 1.92 bits per heavy atom. The van der Waals surface area contributed by atoms with Gasteiger partial charge >= 0.3 is 0 Å². The van der Waals surface area contributed by atoms with Gasteiger partial charge in [-0.2, -0.15) is 0 Å². The molecule has 0 saturated carbocycles. The molecule has 0 bridgehead atoms. The van der Waals surface area contributed by atoms with Crippen LogP contribution < -0.4 is 5.73 Å². The van der Waals surface area contributed by atoms with Gasteiger partial charge in [0.1, 0.15) is 30.7 Å². The number of halogens is 3. The summed E-state index contributed by atoms with van der Waals surface area (Å²) in [5, 5.41) is 9.84. The first-order valence-electron chi connectivity index (χ1n) is 12.8. The molecule has 204 valence electrons. The fraction of sp³-hybridized carbons (Fsp3) is 0.429. The highest BCUT2D eigenvalue weighted by atomic mass is 19.1. The molecule has 0 aliphatic carbocycles. The van der Waals surface area contributed by atoms with Crippen molar-refractivity contribution in [3.05, 3.63) is 77.8 Å². The third kappa shape index (κ3) is 6.61.